The number of amides is 1. The lowest BCUT2D eigenvalue weighted by atomic mass is 9.82. The highest BCUT2D eigenvalue weighted by molar-refractivity contribution is 6.30. The third kappa shape index (κ3) is 3.22. The first kappa shape index (κ1) is 17.8. The molecule has 5 unspecified atom stereocenters. The van der Waals surface area contributed by atoms with Gasteiger partial charge in [0.15, 0.2) is 0 Å². The fraction of sp³-hybridized carbons (Fsp3) is 0.476. The van der Waals surface area contributed by atoms with Crippen molar-refractivity contribution >= 4 is 17.5 Å². The van der Waals surface area contributed by atoms with E-state index in [1.165, 1.54) is 5.57 Å². The van der Waals surface area contributed by atoms with E-state index < -0.39 is 0 Å². The van der Waals surface area contributed by atoms with Crippen molar-refractivity contribution in [2.45, 2.75) is 38.0 Å². The third-order valence-corrected chi connectivity index (χ3v) is 6.37. The topological polar surface area (TPSA) is 50.4 Å². The predicted octanol–water partition coefficient (Wildman–Crippen LogP) is 3.34. The maximum atomic E-state index is 12.4. The molecule has 138 valence electrons. The van der Waals surface area contributed by atoms with Gasteiger partial charge < -0.3 is 15.4 Å². The van der Waals surface area contributed by atoms with Crippen molar-refractivity contribution in [3.63, 3.8) is 0 Å². The van der Waals surface area contributed by atoms with Crippen LogP contribution >= 0.6 is 11.6 Å². The van der Waals surface area contributed by atoms with Crippen LogP contribution in [0.2, 0.25) is 5.02 Å². The van der Waals surface area contributed by atoms with Gasteiger partial charge in [0.2, 0.25) is 0 Å². The minimum absolute atomic E-state index is 0.00389. The lowest BCUT2D eigenvalue weighted by Crippen LogP contribution is -2.41. The Kier molecular flexibility index (Phi) is 4.68. The van der Waals surface area contributed by atoms with Crippen LogP contribution in [0.15, 0.2) is 48.1 Å². The molecule has 0 aromatic heterocycles. The summed E-state index contributed by atoms with van der Waals surface area (Å²) in [6.45, 7) is 6.16. The van der Waals surface area contributed by atoms with Crippen LogP contribution < -0.4 is 10.6 Å². The molecule has 2 N–H and O–H groups in total. The number of rotatable bonds is 4. The van der Waals surface area contributed by atoms with Gasteiger partial charge in [-0.15, -0.1) is 0 Å². The molecule has 1 aliphatic carbocycles. The van der Waals surface area contributed by atoms with E-state index in [9.17, 15) is 4.79 Å². The van der Waals surface area contributed by atoms with Gasteiger partial charge in [-0.1, -0.05) is 43.7 Å². The third-order valence-electron chi connectivity index (χ3n) is 6.12. The quantitative estimate of drug-likeness (QED) is 0.852. The van der Waals surface area contributed by atoms with Gasteiger partial charge in [-0.25, -0.2) is 0 Å². The number of ether oxygens (including phenoxy) is 1. The number of carbonyl (C=O) groups is 1. The first-order valence-electron chi connectivity index (χ1n) is 9.29. The Bertz CT molecular complexity index is 748. The summed E-state index contributed by atoms with van der Waals surface area (Å²) in [5, 5.41) is 7.29. The first-order valence-corrected chi connectivity index (χ1v) is 9.67. The largest absolute Gasteiger partial charge is 0.371 e. The molecule has 5 heteroatoms. The molecular formula is C21H25ClN2O2. The molecule has 2 heterocycles. The lowest BCUT2D eigenvalue weighted by molar-refractivity contribution is -0.0184. The Morgan fingerprint density at radius 3 is 2.69 bits per heavy atom. The SMILES string of the molecule is CC1C=C(CC23CNC(CO2)C3C)C=CC1NC(=O)c1ccc(Cl)cc1. The van der Waals surface area contributed by atoms with Crippen molar-refractivity contribution in [2.24, 2.45) is 11.8 Å². The van der Waals surface area contributed by atoms with E-state index in [1.807, 2.05) is 0 Å². The summed E-state index contributed by atoms with van der Waals surface area (Å²) in [5.41, 5.74) is 1.85. The highest BCUT2D eigenvalue weighted by Crippen LogP contribution is 2.42. The van der Waals surface area contributed by atoms with Gasteiger partial charge in [0.25, 0.3) is 5.91 Å². The molecule has 2 aliphatic heterocycles. The predicted molar refractivity (Wildman–Crippen MR) is 103 cm³/mol. The number of morpholine rings is 1. The summed E-state index contributed by atoms with van der Waals surface area (Å²) in [6.07, 6.45) is 7.44. The van der Waals surface area contributed by atoms with Gasteiger partial charge in [-0.05, 0) is 35.8 Å². The van der Waals surface area contributed by atoms with Crippen LogP contribution in [0.4, 0.5) is 0 Å². The average molecular weight is 373 g/mol. The number of allylic oxidation sites excluding steroid dienone is 1. The smallest absolute Gasteiger partial charge is 0.251 e. The Balaban J connectivity index is 1.39. The Labute approximate surface area is 159 Å². The summed E-state index contributed by atoms with van der Waals surface area (Å²) in [5.74, 6) is 0.702. The monoisotopic (exact) mass is 372 g/mol. The number of benzene rings is 1. The number of carbonyl (C=O) groups excluding carboxylic acids is 1. The molecule has 2 fully saturated rings. The van der Waals surface area contributed by atoms with Gasteiger partial charge in [0.05, 0.1) is 18.2 Å². The second kappa shape index (κ2) is 6.84. The zero-order chi connectivity index (χ0) is 18.3. The molecule has 5 atom stereocenters. The van der Waals surface area contributed by atoms with Crippen molar-refractivity contribution in [1.29, 1.82) is 0 Å². The number of nitrogens with one attached hydrogen (secondary N) is 2. The molecule has 1 aromatic rings. The summed E-state index contributed by atoms with van der Waals surface area (Å²) in [7, 11) is 0. The highest BCUT2D eigenvalue weighted by Gasteiger charge is 2.52. The van der Waals surface area contributed by atoms with E-state index in [2.05, 4.69) is 42.7 Å². The van der Waals surface area contributed by atoms with E-state index in [-0.39, 0.29) is 23.5 Å². The molecule has 0 radical (unpaired) electrons. The molecule has 4 rings (SSSR count). The van der Waals surface area contributed by atoms with E-state index in [0.717, 1.165) is 19.6 Å². The van der Waals surface area contributed by atoms with Gasteiger partial charge in [0.1, 0.15) is 0 Å². The van der Waals surface area contributed by atoms with Gasteiger partial charge in [-0.3, -0.25) is 4.79 Å². The standard InChI is InChI=1S/C21H25ClN2O2/c1-13-9-15(10-21-12-23-19(11-26-21)14(21)2)3-8-18(13)24-20(25)16-4-6-17(22)7-5-16/h3-9,13-14,18-19,23H,10-12H2,1-2H3,(H,24,25). The van der Waals surface area contributed by atoms with Crippen molar-refractivity contribution in [3.05, 3.63) is 58.7 Å². The first-order chi connectivity index (χ1) is 12.5. The van der Waals surface area contributed by atoms with Gasteiger partial charge in [-0.2, -0.15) is 0 Å². The van der Waals surface area contributed by atoms with Crippen molar-refractivity contribution in [1.82, 2.24) is 10.6 Å². The van der Waals surface area contributed by atoms with Gasteiger partial charge >= 0.3 is 0 Å². The summed E-state index contributed by atoms with van der Waals surface area (Å²) in [6, 6.07) is 7.46. The zero-order valence-electron chi connectivity index (χ0n) is 15.2. The zero-order valence-corrected chi connectivity index (χ0v) is 15.9. The Hall–Kier alpha value is -1.62. The second-order valence-electron chi connectivity index (χ2n) is 7.79. The van der Waals surface area contributed by atoms with E-state index >= 15 is 0 Å². The van der Waals surface area contributed by atoms with Crippen LogP contribution in [0, 0.1) is 11.8 Å². The van der Waals surface area contributed by atoms with Crippen molar-refractivity contribution in [3.8, 4) is 0 Å². The average Bonchev–Trinajstić information content (AvgIpc) is 3.09. The minimum atomic E-state index is -0.0748. The van der Waals surface area contributed by atoms with E-state index in [4.69, 9.17) is 16.3 Å². The summed E-state index contributed by atoms with van der Waals surface area (Å²) >= 11 is 5.89. The minimum Gasteiger partial charge on any atom is -0.371 e. The summed E-state index contributed by atoms with van der Waals surface area (Å²) in [4.78, 5) is 12.4. The molecule has 1 aromatic carbocycles. The van der Waals surface area contributed by atoms with Crippen LogP contribution in [0.25, 0.3) is 0 Å². The summed E-state index contributed by atoms with van der Waals surface area (Å²) < 4.78 is 6.13. The Morgan fingerprint density at radius 2 is 2.12 bits per heavy atom. The molecule has 4 nitrogen and oxygen atoms in total. The maximum Gasteiger partial charge on any atom is 0.251 e. The molecule has 2 bridgehead atoms. The highest BCUT2D eigenvalue weighted by atomic mass is 35.5. The molecule has 0 saturated carbocycles. The van der Waals surface area contributed by atoms with Crippen LogP contribution in [0.1, 0.15) is 30.6 Å². The molecule has 26 heavy (non-hydrogen) atoms. The van der Waals surface area contributed by atoms with Crippen molar-refractivity contribution in [2.75, 3.05) is 13.2 Å². The fourth-order valence-electron chi connectivity index (χ4n) is 4.30. The number of halogens is 1. The van der Waals surface area contributed by atoms with Crippen LogP contribution in [0.5, 0.6) is 0 Å². The van der Waals surface area contributed by atoms with E-state index in [0.29, 0.717) is 22.5 Å². The van der Waals surface area contributed by atoms with Crippen molar-refractivity contribution < 1.29 is 9.53 Å². The second-order valence-corrected chi connectivity index (χ2v) is 8.23. The van der Waals surface area contributed by atoms with Crippen LogP contribution in [0.3, 0.4) is 0 Å². The van der Waals surface area contributed by atoms with Crippen LogP contribution in [-0.2, 0) is 4.74 Å². The molecule has 1 amide bonds. The molecular weight excluding hydrogens is 348 g/mol. The normalized spacial score (nSPS) is 35.4. The van der Waals surface area contributed by atoms with E-state index in [1.54, 1.807) is 24.3 Å². The van der Waals surface area contributed by atoms with Gasteiger partial charge in [0, 0.05) is 35.5 Å². The lowest BCUT2D eigenvalue weighted by Gasteiger charge is -2.32. The fourth-order valence-corrected chi connectivity index (χ4v) is 4.43. The molecule has 3 aliphatic rings. The Morgan fingerprint density at radius 1 is 1.35 bits per heavy atom. The number of fused-ring (bicyclic) bond motifs is 2. The molecule has 0 spiro atoms. The number of hydrogen-bond donors (Lipinski definition) is 2. The van der Waals surface area contributed by atoms with Crippen LogP contribution in [-0.4, -0.2) is 36.7 Å². The molecule has 2 saturated heterocycles. The number of hydrogen-bond acceptors (Lipinski definition) is 3. The maximum absolute atomic E-state index is 12.4.